The first kappa shape index (κ1) is 13.6. The van der Waals surface area contributed by atoms with Gasteiger partial charge >= 0.3 is 0 Å². The third-order valence-electron chi connectivity index (χ3n) is 3.95. The standard InChI is InChI=1S/C16H25NO/c17-16-10-4-9-15(16)11-13-18-12-5-8-14-6-2-1-3-7-14/h1-3,6-7,15-16H,4-5,8-13,17H2. The predicted molar refractivity (Wildman–Crippen MR) is 75.5 cm³/mol. The Morgan fingerprint density at radius 2 is 1.94 bits per heavy atom. The van der Waals surface area contributed by atoms with Crippen LogP contribution in [-0.4, -0.2) is 19.3 Å². The van der Waals surface area contributed by atoms with E-state index < -0.39 is 0 Å². The van der Waals surface area contributed by atoms with Crippen LogP contribution in [0.2, 0.25) is 0 Å². The van der Waals surface area contributed by atoms with Crippen LogP contribution in [0.15, 0.2) is 30.3 Å². The molecule has 0 heterocycles. The molecule has 0 bridgehead atoms. The molecule has 1 aliphatic carbocycles. The molecular formula is C16H25NO. The third kappa shape index (κ3) is 4.43. The van der Waals surface area contributed by atoms with Crippen LogP contribution < -0.4 is 5.73 Å². The average Bonchev–Trinajstić information content (AvgIpc) is 2.81. The maximum absolute atomic E-state index is 6.04. The van der Waals surface area contributed by atoms with Gasteiger partial charge in [-0.15, -0.1) is 0 Å². The number of nitrogens with two attached hydrogens (primary N) is 1. The molecule has 0 spiro atoms. The lowest BCUT2D eigenvalue weighted by Gasteiger charge is -2.14. The van der Waals surface area contributed by atoms with Gasteiger partial charge < -0.3 is 10.5 Å². The smallest absolute Gasteiger partial charge is 0.0469 e. The fourth-order valence-corrected chi connectivity index (χ4v) is 2.78. The highest BCUT2D eigenvalue weighted by atomic mass is 16.5. The van der Waals surface area contributed by atoms with Crippen molar-refractivity contribution in [3.8, 4) is 0 Å². The minimum Gasteiger partial charge on any atom is -0.381 e. The van der Waals surface area contributed by atoms with E-state index in [0.29, 0.717) is 12.0 Å². The lowest BCUT2D eigenvalue weighted by Crippen LogP contribution is -2.25. The third-order valence-corrected chi connectivity index (χ3v) is 3.95. The van der Waals surface area contributed by atoms with Gasteiger partial charge in [0.1, 0.15) is 0 Å². The van der Waals surface area contributed by atoms with Gasteiger partial charge in [-0.05, 0) is 43.6 Å². The molecule has 2 heteroatoms. The van der Waals surface area contributed by atoms with Crippen molar-refractivity contribution in [1.29, 1.82) is 0 Å². The molecule has 2 N–H and O–H groups in total. The Kier molecular flexibility index (Phi) is 5.69. The summed E-state index contributed by atoms with van der Waals surface area (Å²) in [6, 6.07) is 11.0. The largest absolute Gasteiger partial charge is 0.381 e. The maximum atomic E-state index is 6.04. The topological polar surface area (TPSA) is 35.2 Å². The SMILES string of the molecule is NC1CCCC1CCOCCCc1ccccc1. The van der Waals surface area contributed by atoms with Crippen LogP contribution in [0.1, 0.15) is 37.7 Å². The summed E-state index contributed by atoms with van der Waals surface area (Å²) in [5.74, 6) is 0.708. The molecule has 1 aliphatic rings. The van der Waals surface area contributed by atoms with E-state index in [1.165, 1.54) is 24.8 Å². The number of hydrogen-bond acceptors (Lipinski definition) is 2. The Bertz CT molecular complexity index is 325. The van der Waals surface area contributed by atoms with Crippen molar-refractivity contribution in [2.24, 2.45) is 11.7 Å². The second-order valence-electron chi connectivity index (χ2n) is 5.35. The van der Waals surface area contributed by atoms with Crippen molar-refractivity contribution in [2.75, 3.05) is 13.2 Å². The molecule has 2 unspecified atom stereocenters. The summed E-state index contributed by atoms with van der Waals surface area (Å²) in [4.78, 5) is 0. The van der Waals surface area contributed by atoms with Gasteiger partial charge in [0.2, 0.25) is 0 Å². The minimum atomic E-state index is 0.429. The summed E-state index contributed by atoms with van der Waals surface area (Å²) in [5.41, 5.74) is 7.44. The lowest BCUT2D eigenvalue weighted by molar-refractivity contribution is 0.116. The normalized spacial score (nSPS) is 23.4. The van der Waals surface area contributed by atoms with Gasteiger partial charge in [0.05, 0.1) is 0 Å². The van der Waals surface area contributed by atoms with Crippen LogP contribution in [0.3, 0.4) is 0 Å². The zero-order valence-corrected chi connectivity index (χ0v) is 11.2. The number of hydrogen-bond donors (Lipinski definition) is 1. The number of benzene rings is 1. The fraction of sp³-hybridized carbons (Fsp3) is 0.625. The zero-order valence-electron chi connectivity index (χ0n) is 11.2. The van der Waals surface area contributed by atoms with E-state index in [0.717, 1.165) is 32.5 Å². The van der Waals surface area contributed by atoms with Gasteiger partial charge in [-0.3, -0.25) is 0 Å². The first-order valence-electron chi connectivity index (χ1n) is 7.23. The highest BCUT2D eigenvalue weighted by Gasteiger charge is 2.22. The predicted octanol–water partition coefficient (Wildman–Crippen LogP) is 3.15. The van der Waals surface area contributed by atoms with Crippen molar-refractivity contribution in [1.82, 2.24) is 0 Å². The molecule has 0 radical (unpaired) electrons. The first-order chi connectivity index (χ1) is 8.86. The van der Waals surface area contributed by atoms with Crippen molar-refractivity contribution in [3.05, 3.63) is 35.9 Å². The summed E-state index contributed by atoms with van der Waals surface area (Å²) in [7, 11) is 0. The summed E-state index contributed by atoms with van der Waals surface area (Å²) >= 11 is 0. The second-order valence-corrected chi connectivity index (χ2v) is 5.35. The highest BCUT2D eigenvalue weighted by molar-refractivity contribution is 5.14. The van der Waals surface area contributed by atoms with Crippen molar-refractivity contribution in [2.45, 2.75) is 44.6 Å². The Morgan fingerprint density at radius 3 is 2.67 bits per heavy atom. The lowest BCUT2D eigenvalue weighted by atomic mass is 10.0. The minimum absolute atomic E-state index is 0.429. The van der Waals surface area contributed by atoms with Crippen molar-refractivity contribution >= 4 is 0 Å². The van der Waals surface area contributed by atoms with E-state index in [2.05, 4.69) is 30.3 Å². The van der Waals surface area contributed by atoms with Gasteiger partial charge in [0, 0.05) is 19.3 Å². The molecule has 0 aromatic heterocycles. The van der Waals surface area contributed by atoms with Crippen LogP contribution in [0, 0.1) is 5.92 Å². The summed E-state index contributed by atoms with van der Waals surface area (Å²) in [6.45, 7) is 1.75. The van der Waals surface area contributed by atoms with E-state index in [-0.39, 0.29) is 0 Å². The van der Waals surface area contributed by atoms with E-state index in [4.69, 9.17) is 10.5 Å². The van der Waals surface area contributed by atoms with Gasteiger partial charge in [-0.2, -0.15) is 0 Å². The molecular weight excluding hydrogens is 222 g/mol. The summed E-state index contributed by atoms with van der Waals surface area (Å²) < 4.78 is 5.71. The average molecular weight is 247 g/mol. The summed E-state index contributed by atoms with van der Waals surface area (Å²) in [6.07, 6.45) is 7.18. The van der Waals surface area contributed by atoms with E-state index in [1.54, 1.807) is 0 Å². The van der Waals surface area contributed by atoms with Crippen molar-refractivity contribution in [3.63, 3.8) is 0 Å². The van der Waals surface area contributed by atoms with Gasteiger partial charge in [0.25, 0.3) is 0 Å². The molecule has 100 valence electrons. The molecule has 2 rings (SSSR count). The quantitative estimate of drug-likeness (QED) is 0.751. The molecule has 0 amide bonds. The second kappa shape index (κ2) is 7.55. The Labute approximate surface area is 111 Å². The highest BCUT2D eigenvalue weighted by Crippen LogP contribution is 2.26. The van der Waals surface area contributed by atoms with Crippen LogP contribution in [0.5, 0.6) is 0 Å². The molecule has 1 fully saturated rings. The van der Waals surface area contributed by atoms with Gasteiger partial charge in [-0.1, -0.05) is 36.8 Å². The summed E-state index contributed by atoms with van der Waals surface area (Å²) in [5, 5.41) is 0. The molecule has 2 atom stereocenters. The van der Waals surface area contributed by atoms with Crippen LogP contribution in [0.25, 0.3) is 0 Å². The van der Waals surface area contributed by atoms with E-state index in [9.17, 15) is 0 Å². The Morgan fingerprint density at radius 1 is 1.11 bits per heavy atom. The van der Waals surface area contributed by atoms with Crippen LogP contribution in [-0.2, 0) is 11.2 Å². The van der Waals surface area contributed by atoms with E-state index in [1.807, 2.05) is 0 Å². The molecule has 0 saturated heterocycles. The van der Waals surface area contributed by atoms with Crippen molar-refractivity contribution < 1.29 is 4.74 Å². The molecule has 18 heavy (non-hydrogen) atoms. The molecule has 1 aromatic carbocycles. The Balaban J connectivity index is 1.49. The maximum Gasteiger partial charge on any atom is 0.0469 e. The van der Waals surface area contributed by atoms with Crippen LogP contribution >= 0.6 is 0 Å². The fourth-order valence-electron chi connectivity index (χ4n) is 2.78. The van der Waals surface area contributed by atoms with Gasteiger partial charge in [0.15, 0.2) is 0 Å². The zero-order chi connectivity index (χ0) is 12.6. The molecule has 0 aliphatic heterocycles. The molecule has 2 nitrogen and oxygen atoms in total. The Hall–Kier alpha value is -0.860. The van der Waals surface area contributed by atoms with E-state index >= 15 is 0 Å². The number of rotatable bonds is 7. The van der Waals surface area contributed by atoms with Gasteiger partial charge in [-0.25, -0.2) is 0 Å². The monoisotopic (exact) mass is 247 g/mol. The molecule has 1 aromatic rings. The van der Waals surface area contributed by atoms with Crippen LogP contribution in [0.4, 0.5) is 0 Å². The number of ether oxygens (including phenoxy) is 1. The number of aryl methyl sites for hydroxylation is 1. The molecule has 1 saturated carbocycles. The first-order valence-corrected chi connectivity index (χ1v) is 7.23.